The van der Waals surface area contributed by atoms with Crippen molar-refractivity contribution in [1.29, 1.82) is 0 Å². The smallest absolute Gasteiger partial charge is 0.261 e. The predicted molar refractivity (Wildman–Crippen MR) is 97.0 cm³/mol. The lowest BCUT2D eigenvalue weighted by atomic mass is 10.1. The average Bonchev–Trinajstić information content (AvgIpc) is 2.61. The van der Waals surface area contributed by atoms with Gasteiger partial charge in [-0.15, -0.1) is 0 Å². The summed E-state index contributed by atoms with van der Waals surface area (Å²) in [5.74, 6) is 0.109. The molecule has 1 atom stereocenters. The maximum absolute atomic E-state index is 12.6. The first-order chi connectivity index (χ1) is 11.6. The van der Waals surface area contributed by atoms with Gasteiger partial charge in [0.25, 0.3) is 5.56 Å². The molecule has 1 amide bonds. The highest BCUT2D eigenvalue weighted by Gasteiger charge is 2.18. The normalized spacial score (nSPS) is 12.3. The van der Waals surface area contributed by atoms with Gasteiger partial charge in [-0.05, 0) is 31.9 Å². The number of benzene rings is 1. The first-order valence-electron chi connectivity index (χ1n) is 8.82. The van der Waals surface area contributed by atoms with Crippen LogP contribution in [0.5, 0.6) is 0 Å². The summed E-state index contributed by atoms with van der Waals surface area (Å²) in [5, 5.41) is 0.595. The maximum atomic E-state index is 12.6. The third-order valence-electron chi connectivity index (χ3n) is 4.49. The minimum absolute atomic E-state index is 0.0861. The second-order valence-electron chi connectivity index (χ2n) is 6.21. The number of hydrogen-bond acceptors (Lipinski definition) is 3. The van der Waals surface area contributed by atoms with E-state index in [1.165, 1.54) is 10.9 Å². The zero-order valence-electron chi connectivity index (χ0n) is 14.9. The van der Waals surface area contributed by atoms with Crippen LogP contribution in [0.25, 0.3) is 10.9 Å². The van der Waals surface area contributed by atoms with E-state index in [0.717, 1.165) is 25.8 Å². The van der Waals surface area contributed by atoms with Crippen molar-refractivity contribution in [2.45, 2.75) is 59.0 Å². The number of carbonyl (C=O) groups is 1. The van der Waals surface area contributed by atoms with Crippen molar-refractivity contribution >= 4 is 16.8 Å². The molecule has 2 aromatic rings. The highest BCUT2D eigenvalue weighted by Crippen LogP contribution is 2.09. The number of aryl methyl sites for hydroxylation is 1. The van der Waals surface area contributed by atoms with E-state index < -0.39 is 0 Å². The molecule has 1 aromatic heterocycles. The number of amides is 1. The summed E-state index contributed by atoms with van der Waals surface area (Å²) >= 11 is 0. The number of hydrogen-bond donors (Lipinski definition) is 0. The molecule has 1 heterocycles. The number of fused-ring (bicyclic) bond motifs is 1. The van der Waals surface area contributed by atoms with Crippen LogP contribution in [0.2, 0.25) is 0 Å². The molecular formula is C19H27N3O2. The van der Waals surface area contributed by atoms with Gasteiger partial charge in [0.15, 0.2) is 0 Å². The highest BCUT2D eigenvalue weighted by molar-refractivity contribution is 5.77. The Morgan fingerprint density at radius 3 is 2.75 bits per heavy atom. The maximum Gasteiger partial charge on any atom is 0.261 e. The molecule has 0 bridgehead atoms. The Labute approximate surface area is 143 Å². The van der Waals surface area contributed by atoms with Gasteiger partial charge in [-0.3, -0.25) is 14.2 Å². The largest absolute Gasteiger partial charge is 0.340 e. The molecule has 0 aliphatic rings. The molecule has 0 aliphatic carbocycles. The fourth-order valence-electron chi connectivity index (χ4n) is 2.76. The topological polar surface area (TPSA) is 55.2 Å². The second kappa shape index (κ2) is 8.62. The Hall–Kier alpha value is -2.17. The number of unbranched alkanes of at least 4 members (excludes halogenated alkanes) is 1. The molecule has 0 N–H and O–H groups in total. The van der Waals surface area contributed by atoms with Crippen LogP contribution in [0.3, 0.4) is 0 Å². The Morgan fingerprint density at radius 1 is 1.29 bits per heavy atom. The number of aromatic nitrogens is 2. The van der Waals surface area contributed by atoms with Crippen molar-refractivity contribution in [1.82, 2.24) is 14.5 Å². The summed E-state index contributed by atoms with van der Waals surface area (Å²) in [6.07, 6.45) is 4.88. The standard InChI is InChI=1S/C19H27N3O2/c1-4-6-12-22(15(3)5-2)18(23)11-13-21-14-20-17-10-8-7-9-16(17)19(21)24/h7-10,14-15H,4-6,11-13H2,1-3H3. The third kappa shape index (κ3) is 4.22. The van der Waals surface area contributed by atoms with Crippen LogP contribution >= 0.6 is 0 Å². The predicted octanol–water partition coefficient (Wildman–Crippen LogP) is 3.21. The quantitative estimate of drug-likeness (QED) is 0.747. The molecule has 0 saturated carbocycles. The summed E-state index contributed by atoms with van der Waals surface area (Å²) in [6, 6.07) is 7.52. The number of nitrogens with zero attached hydrogens (tertiary/aromatic N) is 3. The van der Waals surface area contributed by atoms with Gasteiger partial charge in [-0.25, -0.2) is 4.98 Å². The molecule has 2 rings (SSSR count). The molecule has 0 radical (unpaired) electrons. The zero-order valence-corrected chi connectivity index (χ0v) is 14.9. The fourth-order valence-corrected chi connectivity index (χ4v) is 2.76. The summed E-state index contributed by atoms with van der Waals surface area (Å²) in [6.45, 7) is 7.45. The lowest BCUT2D eigenvalue weighted by molar-refractivity contribution is -0.133. The van der Waals surface area contributed by atoms with Crippen LogP contribution in [0.4, 0.5) is 0 Å². The molecule has 0 saturated heterocycles. The van der Waals surface area contributed by atoms with Gasteiger partial charge in [0.05, 0.1) is 17.2 Å². The molecular weight excluding hydrogens is 302 g/mol. The average molecular weight is 329 g/mol. The van der Waals surface area contributed by atoms with Gasteiger partial charge in [-0.2, -0.15) is 0 Å². The van der Waals surface area contributed by atoms with Crippen LogP contribution in [-0.2, 0) is 11.3 Å². The Balaban J connectivity index is 2.10. The van der Waals surface area contributed by atoms with Crippen molar-refractivity contribution in [3.63, 3.8) is 0 Å². The highest BCUT2D eigenvalue weighted by atomic mass is 16.2. The molecule has 0 spiro atoms. The molecule has 1 unspecified atom stereocenters. The molecule has 0 fully saturated rings. The van der Waals surface area contributed by atoms with Crippen molar-refractivity contribution in [2.75, 3.05) is 6.54 Å². The van der Waals surface area contributed by atoms with Crippen molar-refractivity contribution < 1.29 is 4.79 Å². The van der Waals surface area contributed by atoms with Gasteiger partial charge in [-0.1, -0.05) is 32.4 Å². The Bertz CT molecular complexity index is 739. The van der Waals surface area contributed by atoms with E-state index in [-0.39, 0.29) is 17.5 Å². The lowest BCUT2D eigenvalue weighted by Crippen LogP contribution is -2.39. The minimum Gasteiger partial charge on any atom is -0.340 e. The van der Waals surface area contributed by atoms with Crippen LogP contribution in [0, 0.1) is 0 Å². The summed E-state index contributed by atoms with van der Waals surface area (Å²) in [7, 11) is 0. The van der Waals surface area contributed by atoms with Crippen LogP contribution < -0.4 is 5.56 Å². The fraction of sp³-hybridized carbons (Fsp3) is 0.526. The monoisotopic (exact) mass is 329 g/mol. The minimum atomic E-state index is -0.0861. The van der Waals surface area contributed by atoms with E-state index in [1.807, 2.05) is 23.1 Å². The summed E-state index contributed by atoms with van der Waals surface area (Å²) < 4.78 is 1.54. The first-order valence-corrected chi connectivity index (χ1v) is 8.82. The van der Waals surface area contributed by atoms with Gasteiger partial charge < -0.3 is 4.90 Å². The van der Waals surface area contributed by atoms with Gasteiger partial charge in [0.2, 0.25) is 5.91 Å². The second-order valence-corrected chi connectivity index (χ2v) is 6.21. The molecule has 0 aliphatic heterocycles. The van der Waals surface area contributed by atoms with E-state index in [2.05, 4.69) is 25.8 Å². The Morgan fingerprint density at radius 2 is 2.04 bits per heavy atom. The van der Waals surface area contributed by atoms with Crippen LogP contribution in [-0.4, -0.2) is 32.9 Å². The van der Waals surface area contributed by atoms with Crippen LogP contribution in [0.15, 0.2) is 35.4 Å². The van der Waals surface area contributed by atoms with Crippen molar-refractivity contribution in [2.24, 2.45) is 0 Å². The number of para-hydroxylation sites is 1. The molecule has 5 heteroatoms. The van der Waals surface area contributed by atoms with Gasteiger partial charge in [0, 0.05) is 25.6 Å². The SMILES string of the molecule is CCCCN(C(=O)CCn1cnc2ccccc2c1=O)C(C)CC. The van der Waals surface area contributed by atoms with Gasteiger partial charge >= 0.3 is 0 Å². The first kappa shape index (κ1) is 18.2. The number of rotatable bonds is 8. The summed E-state index contributed by atoms with van der Waals surface area (Å²) in [4.78, 5) is 31.3. The van der Waals surface area contributed by atoms with Crippen molar-refractivity contribution in [3.05, 3.63) is 40.9 Å². The van der Waals surface area contributed by atoms with Crippen molar-refractivity contribution in [3.8, 4) is 0 Å². The van der Waals surface area contributed by atoms with Gasteiger partial charge in [0.1, 0.15) is 0 Å². The molecule has 5 nitrogen and oxygen atoms in total. The van der Waals surface area contributed by atoms with E-state index in [1.54, 1.807) is 6.07 Å². The zero-order chi connectivity index (χ0) is 17.5. The van der Waals surface area contributed by atoms with E-state index in [4.69, 9.17) is 0 Å². The molecule has 24 heavy (non-hydrogen) atoms. The number of carbonyl (C=O) groups excluding carboxylic acids is 1. The van der Waals surface area contributed by atoms with E-state index in [9.17, 15) is 9.59 Å². The Kier molecular flexibility index (Phi) is 6.53. The summed E-state index contributed by atoms with van der Waals surface area (Å²) in [5.41, 5.74) is 0.603. The molecule has 1 aromatic carbocycles. The lowest BCUT2D eigenvalue weighted by Gasteiger charge is -2.28. The van der Waals surface area contributed by atoms with E-state index >= 15 is 0 Å². The van der Waals surface area contributed by atoms with E-state index in [0.29, 0.717) is 23.9 Å². The molecule has 130 valence electrons. The van der Waals surface area contributed by atoms with Crippen LogP contribution in [0.1, 0.15) is 46.5 Å². The third-order valence-corrected chi connectivity index (χ3v) is 4.49.